The molecule has 5 heteroatoms. The van der Waals surface area contributed by atoms with Crippen LogP contribution in [0.5, 0.6) is 28.7 Å². The van der Waals surface area contributed by atoms with E-state index in [1.165, 1.54) is 0 Å². The molecule has 180 valence electrons. The van der Waals surface area contributed by atoms with Gasteiger partial charge >= 0.3 is 0 Å². The van der Waals surface area contributed by atoms with Gasteiger partial charge in [-0.05, 0) is 130 Å². The molecule has 0 saturated heterocycles. The number of aryl methyl sites for hydroxylation is 6. The molecule has 4 aromatic rings. The van der Waals surface area contributed by atoms with Crippen molar-refractivity contribution < 1.29 is 20.1 Å². The average Bonchev–Trinajstić information content (AvgIpc) is 2.80. The number of aromatic hydroxyl groups is 3. The highest BCUT2D eigenvalue weighted by molar-refractivity contribution is 5.82. The molecule has 35 heavy (non-hydrogen) atoms. The van der Waals surface area contributed by atoms with Crippen molar-refractivity contribution in [2.45, 2.75) is 41.5 Å². The maximum Gasteiger partial charge on any atom is 0.134 e. The van der Waals surface area contributed by atoms with Gasteiger partial charge in [0.15, 0.2) is 0 Å². The van der Waals surface area contributed by atoms with Crippen molar-refractivity contribution in [3.63, 3.8) is 0 Å². The van der Waals surface area contributed by atoms with Crippen LogP contribution in [0.3, 0.4) is 0 Å². The van der Waals surface area contributed by atoms with Gasteiger partial charge in [0.1, 0.15) is 28.7 Å². The van der Waals surface area contributed by atoms with Gasteiger partial charge in [-0.3, -0.25) is 0 Å². The van der Waals surface area contributed by atoms with Crippen LogP contribution in [-0.4, -0.2) is 15.3 Å². The number of hydrogen-bond acceptors (Lipinski definition) is 5. The summed E-state index contributed by atoms with van der Waals surface area (Å²) in [4.78, 5) is 2.12. The molecule has 0 atom stereocenters. The molecular weight excluding hydrogens is 438 g/mol. The van der Waals surface area contributed by atoms with Crippen LogP contribution >= 0.6 is 0 Å². The molecule has 0 aromatic heterocycles. The molecule has 4 rings (SSSR count). The van der Waals surface area contributed by atoms with Crippen molar-refractivity contribution in [3.05, 3.63) is 94.0 Å². The summed E-state index contributed by atoms with van der Waals surface area (Å²) < 4.78 is 6.06. The number of phenols is 3. The van der Waals surface area contributed by atoms with Gasteiger partial charge in [-0.1, -0.05) is 0 Å². The van der Waals surface area contributed by atoms with E-state index in [1.807, 2.05) is 84.0 Å². The Morgan fingerprint density at radius 1 is 0.514 bits per heavy atom. The molecule has 0 bridgehead atoms. The lowest BCUT2D eigenvalue weighted by Gasteiger charge is -2.29. The van der Waals surface area contributed by atoms with Gasteiger partial charge < -0.3 is 25.0 Å². The number of hydrogen-bond donors (Lipinski definition) is 3. The fourth-order valence-corrected chi connectivity index (χ4v) is 4.18. The first-order chi connectivity index (χ1) is 16.5. The zero-order valence-corrected chi connectivity index (χ0v) is 21.0. The third kappa shape index (κ3) is 4.76. The van der Waals surface area contributed by atoms with Crippen molar-refractivity contribution >= 4 is 17.1 Å². The summed E-state index contributed by atoms with van der Waals surface area (Å²) in [6, 6.07) is 18.7. The fourth-order valence-electron chi connectivity index (χ4n) is 4.18. The number of benzene rings is 4. The number of nitrogens with zero attached hydrogens (tertiary/aromatic N) is 1. The second-order valence-corrected chi connectivity index (χ2v) is 9.19. The van der Waals surface area contributed by atoms with E-state index in [1.54, 1.807) is 18.2 Å². The number of ether oxygens (including phenoxy) is 1. The Morgan fingerprint density at radius 2 is 0.971 bits per heavy atom. The van der Waals surface area contributed by atoms with Crippen LogP contribution in [-0.2, 0) is 0 Å². The highest BCUT2D eigenvalue weighted by Crippen LogP contribution is 2.42. The van der Waals surface area contributed by atoms with Crippen molar-refractivity contribution in [1.82, 2.24) is 0 Å². The minimum Gasteiger partial charge on any atom is -0.508 e. The largest absolute Gasteiger partial charge is 0.508 e. The monoisotopic (exact) mass is 469 g/mol. The first-order valence-electron chi connectivity index (χ1n) is 11.5. The summed E-state index contributed by atoms with van der Waals surface area (Å²) >= 11 is 0. The average molecular weight is 470 g/mol. The minimum absolute atomic E-state index is 0.199. The summed E-state index contributed by atoms with van der Waals surface area (Å²) in [5, 5.41) is 30.5. The molecular formula is C30H31NO4. The van der Waals surface area contributed by atoms with Crippen LogP contribution in [0.1, 0.15) is 33.4 Å². The van der Waals surface area contributed by atoms with Gasteiger partial charge in [0.05, 0.1) is 0 Å². The lowest BCUT2D eigenvalue weighted by atomic mass is 10.0. The highest BCUT2D eigenvalue weighted by Gasteiger charge is 2.19. The first-order valence-corrected chi connectivity index (χ1v) is 11.5. The lowest BCUT2D eigenvalue weighted by Crippen LogP contribution is -2.13. The molecule has 5 nitrogen and oxygen atoms in total. The predicted octanol–water partition coefficient (Wildman–Crippen LogP) is 7.92. The number of rotatable bonds is 5. The second-order valence-electron chi connectivity index (χ2n) is 9.19. The van der Waals surface area contributed by atoms with Crippen LogP contribution in [0.4, 0.5) is 17.1 Å². The summed E-state index contributed by atoms with van der Waals surface area (Å²) in [7, 11) is 0. The Hall–Kier alpha value is -4.12. The van der Waals surface area contributed by atoms with Crippen molar-refractivity contribution in [3.8, 4) is 28.7 Å². The summed E-state index contributed by atoms with van der Waals surface area (Å²) in [5.41, 5.74) is 7.91. The van der Waals surface area contributed by atoms with Gasteiger partial charge in [-0.25, -0.2) is 0 Å². The van der Waals surface area contributed by atoms with Crippen LogP contribution in [0, 0.1) is 41.5 Å². The molecule has 0 fully saturated rings. The standard InChI is InChI=1S/C30H31NO4/c1-17-14-27(32)20(4)12-25(17)31(26-13-21(5)28(33)15-18(26)2)23-7-9-24(10-8-23)35-30-16-29(34)19(3)11-22(30)6/h7-16,32-34H,1-6H3. The highest BCUT2D eigenvalue weighted by atomic mass is 16.5. The summed E-state index contributed by atoms with van der Waals surface area (Å²) in [6.45, 7) is 11.5. The lowest BCUT2D eigenvalue weighted by molar-refractivity contribution is 0.450. The van der Waals surface area contributed by atoms with Gasteiger partial charge in [-0.2, -0.15) is 0 Å². The second kappa shape index (κ2) is 9.26. The van der Waals surface area contributed by atoms with E-state index >= 15 is 0 Å². The molecule has 0 unspecified atom stereocenters. The Bertz CT molecular complexity index is 1350. The van der Waals surface area contributed by atoms with E-state index in [-0.39, 0.29) is 17.2 Å². The summed E-state index contributed by atoms with van der Waals surface area (Å²) in [5.74, 6) is 1.96. The molecule has 3 N–H and O–H groups in total. The van der Waals surface area contributed by atoms with Gasteiger partial charge in [-0.15, -0.1) is 0 Å². The van der Waals surface area contributed by atoms with Crippen LogP contribution < -0.4 is 9.64 Å². The maximum absolute atomic E-state index is 10.2. The Labute approximate surface area is 206 Å². The van der Waals surface area contributed by atoms with Crippen LogP contribution in [0.15, 0.2) is 60.7 Å². The fraction of sp³-hybridized carbons (Fsp3) is 0.200. The third-order valence-corrected chi connectivity index (χ3v) is 6.33. The number of phenolic OH excluding ortho intramolecular Hbond substituents is 3. The van der Waals surface area contributed by atoms with Crippen molar-refractivity contribution in [1.29, 1.82) is 0 Å². The normalized spacial score (nSPS) is 10.9. The zero-order chi connectivity index (χ0) is 25.4. The van der Waals surface area contributed by atoms with E-state index in [2.05, 4.69) is 4.90 Å². The minimum atomic E-state index is 0.199. The molecule has 0 amide bonds. The van der Waals surface area contributed by atoms with Gasteiger partial charge in [0, 0.05) is 23.1 Å². The quantitative estimate of drug-likeness (QED) is 0.277. The maximum atomic E-state index is 10.2. The van der Waals surface area contributed by atoms with Crippen molar-refractivity contribution in [2.24, 2.45) is 0 Å². The van der Waals surface area contributed by atoms with E-state index in [0.717, 1.165) is 50.4 Å². The number of anilines is 3. The summed E-state index contributed by atoms with van der Waals surface area (Å²) in [6.07, 6.45) is 0. The first kappa shape index (κ1) is 24.0. The Balaban J connectivity index is 1.80. The Kier molecular flexibility index (Phi) is 6.35. The van der Waals surface area contributed by atoms with E-state index in [4.69, 9.17) is 4.74 Å². The van der Waals surface area contributed by atoms with E-state index in [0.29, 0.717) is 11.5 Å². The Morgan fingerprint density at radius 3 is 1.49 bits per heavy atom. The van der Waals surface area contributed by atoms with Gasteiger partial charge in [0.2, 0.25) is 0 Å². The molecule has 0 radical (unpaired) electrons. The smallest absolute Gasteiger partial charge is 0.134 e. The predicted molar refractivity (Wildman–Crippen MR) is 141 cm³/mol. The van der Waals surface area contributed by atoms with E-state index < -0.39 is 0 Å². The van der Waals surface area contributed by atoms with Crippen LogP contribution in [0.25, 0.3) is 0 Å². The molecule has 0 aliphatic rings. The van der Waals surface area contributed by atoms with Gasteiger partial charge in [0.25, 0.3) is 0 Å². The molecule has 4 aromatic carbocycles. The van der Waals surface area contributed by atoms with Crippen LogP contribution in [0.2, 0.25) is 0 Å². The third-order valence-electron chi connectivity index (χ3n) is 6.33. The topological polar surface area (TPSA) is 73.2 Å². The molecule has 0 saturated carbocycles. The molecule has 0 aliphatic carbocycles. The molecule has 0 aliphatic heterocycles. The van der Waals surface area contributed by atoms with E-state index in [9.17, 15) is 15.3 Å². The van der Waals surface area contributed by atoms with Crippen molar-refractivity contribution in [2.75, 3.05) is 4.90 Å². The SMILES string of the molecule is Cc1cc(N(c2ccc(Oc3cc(O)c(C)cc3C)cc2)c2cc(C)c(O)cc2C)c(C)cc1O. The zero-order valence-electron chi connectivity index (χ0n) is 21.0. The molecule has 0 heterocycles. The molecule has 0 spiro atoms.